The number of rotatable bonds is 8. The van der Waals surface area contributed by atoms with Crippen molar-refractivity contribution in [1.82, 2.24) is 0 Å². The summed E-state index contributed by atoms with van der Waals surface area (Å²) < 4.78 is 12.5. The van der Waals surface area contributed by atoms with E-state index in [1.165, 1.54) is 57.8 Å². The summed E-state index contributed by atoms with van der Waals surface area (Å²) in [5.74, 6) is 3.06. The van der Waals surface area contributed by atoms with Crippen molar-refractivity contribution >= 4 is 0 Å². The molecule has 0 aromatic carbocycles. The van der Waals surface area contributed by atoms with E-state index >= 15 is 0 Å². The first kappa shape index (κ1) is 19.2. The van der Waals surface area contributed by atoms with E-state index in [4.69, 9.17) is 9.47 Å². The zero-order valence-electron chi connectivity index (χ0n) is 16.1. The average molecular weight is 325 g/mol. The summed E-state index contributed by atoms with van der Waals surface area (Å²) in [6.45, 7) is 11.2. The van der Waals surface area contributed by atoms with Crippen LogP contribution in [-0.2, 0) is 9.47 Å². The molecule has 136 valence electrons. The highest BCUT2D eigenvalue weighted by molar-refractivity contribution is 4.85. The highest BCUT2D eigenvalue weighted by Crippen LogP contribution is 2.36. The van der Waals surface area contributed by atoms with Crippen LogP contribution in [0.15, 0.2) is 0 Å². The predicted octanol–water partition coefficient (Wildman–Crippen LogP) is 5.84. The predicted molar refractivity (Wildman–Crippen MR) is 97.7 cm³/mol. The Kier molecular flexibility index (Phi) is 8.40. The van der Waals surface area contributed by atoms with E-state index in [-0.39, 0.29) is 0 Å². The highest BCUT2D eigenvalue weighted by Gasteiger charge is 2.35. The van der Waals surface area contributed by atoms with Crippen LogP contribution in [-0.4, -0.2) is 25.4 Å². The Morgan fingerprint density at radius 3 is 1.87 bits per heavy atom. The fourth-order valence-electron chi connectivity index (χ4n) is 4.45. The van der Waals surface area contributed by atoms with E-state index < -0.39 is 0 Å². The van der Waals surface area contributed by atoms with Crippen molar-refractivity contribution in [3.8, 4) is 0 Å². The first-order chi connectivity index (χ1) is 11.2. The molecule has 2 aliphatic rings. The number of unbranched alkanes of at least 4 members (excludes halogenated alkanes) is 1. The summed E-state index contributed by atoms with van der Waals surface area (Å²) in [6.07, 6.45) is 12.7. The van der Waals surface area contributed by atoms with Crippen LogP contribution >= 0.6 is 0 Å². The lowest BCUT2D eigenvalue weighted by atomic mass is 9.77. The molecule has 0 saturated heterocycles. The lowest BCUT2D eigenvalue weighted by molar-refractivity contribution is -0.0992. The minimum Gasteiger partial charge on any atom is -0.378 e. The van der Waals surface area contributed by atoms with Crippen LogP contribution in [0.3, 0.4) is 0 Å². The molecule has 4 atom stereocenters. The SMILES string of the molecule is CCCCOC1CCC(OCC2CCC(CC)CC2)C(C)C1C. The van der Waals surface area contributed by atoms with Gasteiger partial charge < -0.3 is 9.47 Å². The number of hydrogen-bond donors (Lipinski definition) is 0. The molecule has 0 aromatic rings. The third kappa shape index (κ3) is 5.74. The summed E-state index contributed by atoms with van der Waals surface area (Å²) in [5.41, 5.74) is 0. The van der Waals surface area contributed by atoms with Crippen molar-refractivity contribution in [2.75, 3.05) is 13.2 Å². The summed E-state index contributed by atoms with van der Waals surface area (Å²) in [7, 11) is 0. The smallest absolute Gasteiger partial charge is 0.0605 e. The van der Waals surface area contributed by atoms with Crippen molar-refractivity contribution in [2.45, 2.75) is 97.7 Å². The third-order valence-electron chi connectivity index (χ3n) is 6.66. The summed E-state index contributed by atoms with van der Waals surface area (Å²) in [6, 6.07) is 0. The molecular weight excluding hydrogens is 284 g/mol. The molecule has 23 heavy (non-hydrogen) atoms. The zero-order valence-corrected chi connectivity index (χ0v) is 16.1. The maximum Gasteiger partial charge on any atom is 0.0605 e. The molecule has 0 bridgehead atoms. The standard InChI is InChI=1S/C21H40O2/c1-5-7-14-22-20-12-13-21(17(4)16(20)3)23-15-19-10-8-18(6-2)9-11-19/h16-21H,5-15H2,1-4H3. The van der Waals surface area contributed by atoms with E-state index in [1.807, 2.05) is 0 Å². The second kappa shape index (κ2) is 10.0. The van der Waals surface area contributed by atoms with Gasteiger partial charge in [0.05, 0.1) is 12.2 Å². The first-order valence-electron chi connectivity index (χ1n) is 10.4. The summed E-state index contributed by atoms with van der Waals surface area (Å²) >= 11 is 0. The molecule has 4 unspecified atom stereocenters. The molecule has 2 aliphatic carbocycles. The van der Waals surface area contributed by atoms with Crippen molar-refractivity contribution in [3.05, 3.63) is 0 Å². The molecule has 2 fully saturated rings. The van der Waals surface area contributed by atoms with Gasteiger partial charge >= 0.3 is 0 Å². The fraction of sp³-hybridized carbons (Fsp3) is 1.00. The van der Waals surface area contributed by atoms with Crippen molar-refractivity contribution < 1.29 is 9.47 Å². The van der Waals surface area contributed by atoms with Crippen LogP contribution in [0.2, 0.25) is 0 Å². The maximum atomic E-state index is 6.39. The molecule has 0 heterocycles. The lowest BCUT2D eigenvalue weighted by Gasteiger charge is -2.40. The third-order valence-corrected chi connectivity index (χ3v) is 6.66. The minimum atomic E-state index is 0.455. The van der Waals surface area contributed by atoms with Crippen LogP contribution in [0.25, 0.3) is 0 Å². The molecule has 0 aliphatic heterocycles. The topological polar surface area (TPSA) is 18.5 Å². The van der Waals surface area contributed by atoms with Gasteiger partial charge in [-0.3, -0.25) is 0 Å². The normalized spacial score (nSPS) is 38.6. The molecule has 0 N–H and O–H groups in total. The molecular formula is C21H40O2. The maximum absolute atomic E-state index is 6.39. The fourth-order valence-corrected chi connectivity index (χ4v) is 4.45. The summed E-state index contributed by atoms with van der Waals surface area (Å²) in [4.78, 5) is 0. The van der Waals surface area contributed by atoms with Gasteiger partial charge in [-0.2, -0.15) is 0 Å². The minimum absolute atomic E-state index is 0.455. The van der Waals surface area contributed by atoms with Crippen LogP contribution in [0.1, 0.15) is 85.5 Å². The van der Waals surface area contributed by atoms with E-state index in [2.05, 4.69) is 27.7 Å². The van der Waals surface area contributed by atoms with Crippen molar-refractivity contribution in [1.29, 1.82) is 0 Å². The van der Waals surface area contributed by atoms with Crippen molar-refractivity contribution in [3.63, 3.8) is 0 Å². The number of hydrogen-bond acceptors (Lipinski definition) is 2. The average Bonchev–Trinajstić information content (AvgIpc) is 2.58. The van der Waals surface area contributed by atoms with Crippen molar-refractivity contribution in [2.24, 2.45) is 23.7 Å². The Bertz CT molecular complexity index is 309. The van der Waals surface area contributed by atoms with Gasteiger partial charge in [-0.15, -0.1) is 0 Å². The molecule has 0 radical (unpaired) electrons. The highest BCUT2D eigenvalue weighted by atomic mass is 16.5. The Labute approximate surface area is 144 Å². The largest absolute Gasteiger partial charge is 0.378 e. The monoisotopic (exact) mass is 324 g/mol. The second-order valence-electron chi connectivity index (χ2n) is 8.23. The Morgan fingerprint density at radius 1 is 0.739 bits per heavy atom. The quantitative estimate of drug-likeness (QED) is 0.522. The molecule has 2 heteroatoms. The van der Waals surface area contributed by atoms with Gasteiger partial charge in [0, 0.05) is 13.2 Å². The van der Waals surface area contributed by atoms with Crippen LogP contribution in [0.5, 0.6) is 0 Å². The van der Waals surface area contributed by atoms with Gasteiger partial charge in [-0.1, -0.05) is 53.4 Å². The molecule has 0 amide bonds. The van der Waals surface area contributed by atoms with Gasteiger partial charge in [0.1, 0.15) is 0 Å². The van der Waals surface area contributed by atoms with Crippen LogP contribution in [0, 0.1) is 23.7 Å². The molecule has 0 aromatic heterocycles. The van der Waals surface area contributed by atoms with Crippen LogP contribution in [0.4, 0.5) is 0 Å². The van der Waals surface area contributed by atoms with E-state index in [0.29, 0.717) is 24.0 Å². The Morgan fingerprint density at radius 2 is 1.30 bits per heavy atom. The number of ether oxygens (including phenoxy) is 2. The van der Waals surface area contributed by atoms with E-state index in [9.17, 15) is 0 Å². The lowest BCUT2D eigenvalue weighted by Crippen LogP contribution is -2.41. The van der Waals surface area contributed by atoms with Gasteiger partial charge in [0.15, 0.2) is 0 Å². The molecule has 0 spiro atoms. The second-order valence-corrected chi connectivity index (χ2v) is 8.23. The van der Waals surface area contributed by atoms with Gasteiger partial charge in [-0.25, -0.2) is 0 Å². The Hall–Kier alpha value is -0.0800. The van der Waals surface area contributed by atoms with E-state index in [0.717, 1.165) is 25.0 Å². The van der Waals surface area contributed by atoms with Crippen LogP contribution < -0.4 is 0 Å². The van der Waals surface area contributed by atoms with Gasteiger partial charge in [-0.05, 0) is 55.8 Å². The molecule has 2 rings (SSSR count). The zero-order chi connectivity index (χ0) is 16.7. The molecule has 2 saturated carbocycles. The molecule has 2 nitrogen and oxygen atoms in total. The summed E-state index contributed by atoms with van der Waals surface area (Å²) in [5, 5.41) is 0. The van der Waals surface area contributed by atoms with E-state index in [1.54, 1.807) is 0 Å². The first-order valence-corrected chi connectivity index (χ1v) is 10.4. The Balaban J connectivity index is 1.69. The van der Waals surface area contributed by atoms with Gasteiger partial charge in [0.25, 0.3) is 0 Å². The van der Waals surface area contributed by atoms with Gasteiger partial charge in [0.2, 0.25) is 0 Å².